The Morgan fingerprint density at radius 1 is 1.37 bits per heavy atom. The molecule has 2 rings (SSSR count). The predicted octanol–water partition coefficient (Wildman–Crippen LogP) is 1.15. The number of aryl methyl sites for hydroxylation is 1. The largest absolute Gasteiger partial charge is 0.494 e. The molecule has 6 nitrogen and oxygen atoms in total. The van der Waals surface area contributed by atoms with Crippen molar-refractivity contribution >= 4 is 0 Å². The van der Waals surface area contributed by atoms with Crippen molar-refractivity contribution in [1.82, 2.24) is 25.5 Å². The Kier molecular flexibility index (Phi) is 4.46. The van der Waals surface area contributed by atoms with Gasteiger partial charge in [0.15, 0.2) is 5.82 Å². The number of nitrogens with zero attached hydrogens (tertiary/aromatic N) is 4. The first-order valence-electron chi connectivity index (χ1n) is 6.36. The van der Waals surface area contributed by atoms with E-state index in [2.05, 4.69) is 26.8 Å². The molecule has 0 bridgehead atoms. The molecule has 0 aliphatic carbocycles. The maximum Gasteiger partial charge on any atom is 0.188 e. The molecule has 0 radical (unpaired) electrons. The molecule has 19 heavy (non-hydrogen) atoms. The van der Waals surface area contributed by atoms with Crippen LogP contribution in [0, 0.1) is 6.92 Å². The van der Waals surface area contributed by atoms with Crippen molar-refractivity contribution < 1.29 is 4.74 Å². The Morgan fingerprint density at radius 3 is 2.89 bits per heavy atom. The first kappa shape index (κ1) is 13.5. The van der Waals surface area contributed by atoms with Crippen LogP contribution in [0.5, 0.6) is 5.75 Å². The van der Waals surface area contributed by atoms with E-state index in [4.69, 9.17) is 4.74 Å². The normalized spacial score (nSPS) is 10.7. The van der Waals surface area contributed by atoms with Crippen LogP contribution in [-0.4, -0.2) is 33.9 Å². The lowest BCUT2D eigenvalue weighted by Crippen LogP contribution is -2.08. The molecule has 0 saturated carbocycles. The monoisotopic (exact) mass is 261 g/mol. The molecule has 0 unspecified atom stereocenters. The Hall–Kier alpha value is -1.95. The van der Waals surface area contributed by atoms with Gasteiger partial charge in [-0.15, -0.1) is 10.2 Å². The van der Waals surface area contributed by atoms with Gasteiger partial charge in [-0.2, -0.15) is 4.80 Å². The van der Waals surface area contributed by atoms with Gasteiger partial charge in [0.05, 0.1) is 19.7 Å². The van der Waals surface area contributed by atoms with Gasteiger partial charge in [0.2, 0.25) is 0 Å². The summed E-state index contributed by atoms with van der Waals surface area (Å²) in [5.74, 6) is 1.62. The number of nitrogens with one attached hydrogen (secondary N) is 1. The van der Waals surface area contributed by atoms with Crippen molar-refractivity contribution in [2.24, 2.45) is 0 Å². The second-order valence-electron chi connectivity index (χ2n) is 4.30. The van der Waals surface area contributed by atoms with E-state index < -0.39 is 0 Å². The zero-order valence-electron chi connectivity index (χ0n) is 11.6. The van der Waals surface area contributed by atoms with Gasteiger partial charge < -0.3 is 10.1 Å². The number of rotatable bonds is 6. The highest BCUT2D eigenvalue weighted by Crippen LogP contribution is 2.19. The van der Waals surface area contributed by atoms with Crippen LogP contribution < -0.4 is 10.1 Å². The van der Waals surface area contributed by atoms with Crippen molar-refractivity contribution in [3.8, 4) is 5.75 Å². The highest BCUT2D eigenvalue weighted by molar-refractivity contribution is 5.36. The van der Waals surface area contributed by atoms with Gasteiger partial charge in [0, 0.05) is 0 Å². The van der Waals surface area contributed by atoms with Crippen molar-refractivity contribution in [2.45, 2.75) is 26.9 Å². The number of aromatic nitrogens is 4. The molecule has 0 aliphatic heterocycles. The number of hydrogen-bond acceptors (Lipinski definition) is 5. The van der Waals surface area contributed by atoms with Gasteiger partial charge >= 0.3 is 0 Å². The van der Waals surface area contributed by atoms with Crippen LogP contribution in [0.15, 0.2) is 18.2 Å². The topological polar surface area (TPSA) is 64.9 Å². The second kappa shape index (κ2) is 6.29. The van der Waals surface area contributed by atoms with Crippen molar-refractivity contribution in [1.29, 1.82) is 0 Å². The lowest BCUT2D eigenvalue weighted by molar-refractivity contribution is 0.337. The van der Waals surface area contributed by atoms with E-state index in [1.807, 2.05) is 33.0 Å². The fraction of sp³-hybridized carbons (Fsp3) is 0.462. The Morgan fingerprint density at radius 2 is 2.21 bits per heavy atom. The van der Waals surface area contributed by atoms with Crippen LogP contribution >= 0.6 is 0 Å². The van der Waals surface area contributed by atoms with Gasteiger partial charge in [0.25, 0.3) is 0 Å². The quantitative estimate of drug-likeness (QED) is 0.845. The minimum absolute atomic E-state index is 0.615. The minimum Gasteiger partial charge on any atom is -0.494 e. The summed E-state index contributed by atoms with van der Waals surface area (Å²) < 4.78 is 5.52. The van der Waals surface area contributed by atoms with Crippen LogP contribution in [0.3, 0.4) is 0 Å². The summed E-state index contributed by atoms with van der Waals surface area (Å²) in [6.45, 7) is 5.94. The molecule has 0 amide bonds. The Labute approximate surface area is 112 Å². The standard InChI is InChI=1S/C13H19N5O/c1-4-19-12-6-5-11(7-10(12)2)9-18-16-13(8-14-3)15-17-18/h5-7,14H,4,8-9H2,1-3H3. The molecule has 1 N–H and O–H groups in total. The average Bonchev–Trinajstić information content (AvgIpc) is 2.81. The van der Waals surface area contributed by atoms with Crippen molar-refractivity contribution in [2.75, 3.05) is 13.7 Å². The summed E-state index contributed by atoms with van der Waals surface area (Å²) in [5, 5.41) is 15.3. The average molecular weight is 261 g/mol. The van der Waals surface area contributed by atoms with Crippen molar-refractivity contribution in [3.05, 3.63) is 35.2 Å². The third-order valence-electron chi connectivity index (χ3n) is 2.69. The Balaban J connectivity index is 2.07. The van der Waals surface area contributed by atoms with Crippen molar-refractivity contribution in [3.63, 3.8) is 0 Å². The zero-order valence-corrected chi connectivity index (χ0v) is 11.6. The maximum atomic E-state index is 5.52. The molecule has 1 aromatic carbocycles. The highest BCUT2D eigenvalue weighted by atomic mass is 16.5. The molecule has 2 aromatic rings. The maximum absolute atomic E-state index is 5.52. The minimum atomic E-state index is 0.615. The van der Waals surface area contributed by atoms with E-state index in [0.717, 1.165) is 16.9 Å². The number of ether oxygens (including phenoxy) is 1. The molecule has 0 aliphatic rings. The van der Waals surface area contributed by atoms with E-state index in [9.17, 15) is 0 Å². The molecule has 1 heterocycles. The molecule has 0 saturated heterocycles. The summed E-state index contributed by atoms with van der Waals surface area (Å²) in [4.78, 5) is 1.60. The van der Waals surface area contributed by atoms with E-state index in [-0.39, 0.29) is 0 Å². The van der Waals surface area contributed by atoms with Gasteiger partial charge in [-0.1, -0.05) is 12.1 Å². The summed E-state index contributed by atoms with van der Waals surface area (Å²) in [5.41, 5.74) is 2.25. The highest BCUT2D eigenvalue weighted by Gasteiger charge is 2.05. The van der Waals surface area contributed by atoms with Gasteiger partial charge in [-0.05, 0) is 43.3 Å². The van der Waals surface area contributed by atoms with Crippen LogP contribution in [0.4, 0.5) is 0 Å². The molecular formula is C13H19N5O. The summed E-state index contributed by atoms with van der Waals surface area (Å²) in [6, 6.07) is 6.10. The molecular weight excluding hydrogens is 242 g/mol. The molecule has 0 fully saturated rings. The summed E-state index contributed by atoms with van der Waals surface area (Å²) >= 11 is 0. The first-order chi connectivity index (χ1) is 9.22. The van der Waals surface area contributed by atoms with Crippen LogP contribution in [0.1, 0.15) is 23.9 Å². The number of benzene rings is 1. The van der Waals surface area contributed by atoms with Gasteiger partial charge in [0.1, 0.15) is 5.75 Å². The lowest BCUT2D eigenvalue weighted by Gasteiger charge is -2.08. The fourth-order valence-electron chi connectivity index (χ4n) is 1.86. The molecule has 0 atom stereocenters. The first-order valence-corrected chi connectivity index (χ1v) is 6.36. The number of hydrogen-bond donors (Lipinski definition) is 1. The van der Waals surface area contributed by atoms with Gasteiger partial charge in [-0.25, -0.2) is 0 Å². The lowest BCUT2D eigenvalue weighted by atomic mass is 10.1. The summed E-state index contributed by atoms with van der Waals surface area (Å²) in [7, 11) is 1.86. The Bertz CT molecular complexity index is 538. The van der Waals surface area contributed by atoms with E-state index in [0.29, 0.717) is 25.5 Å². The van der Waals surface area contributed by atoms with E-state index in [1.54, 1.807) is 4.80 Å². The third-order valence-corrected chi connectivity index (χ3v) is 2.69. The molecule has 0 spiro atoms. The number of tetrazole rings is 1. The zero-order chi connectivity index (χ0) is 13.7. The molecule has 102 valence electrons. The van der Waals surface area contributed by atoms with Crippen LogP contribution in [0.2, 0.25) is 0 Å². The van der Waals surface area contributed by atoms with Crippen LogP contribution in [-0.2, 0) is 13.1 Å². The van der Waals surface area contributed by atoms with E-state index in [1.165, 1.54) is 0 Å². The van der Waals surface area contributed by atoms with E-state index >= 15 is 0 Å². The third kappa shape index (κ3) is 3.51. The second-order valence-corrected chi connectivity index (χ2v) is 4.30. The predicted molar refractivity (Wildman–Crippen MR) is 72.0 cm³/mol. The van der Waals surface area contributed by atoms with Crippen LogP contribution in [0.25, 0.3) is 0 Å². The summed E-state index contributed by atoms with van der Waals surface area (Å²) in [6.07, 6.45) is 0. The smallest absolute Gasteiger partial charge is 0.188 e. The van der Waals surface area contributed by atoms with Gasteiger partial charge in [-0.3, -0.25) is 0 Å². The molecule has 1 aromatic heterocycles. The fourth-order valence-corrected chi connectivity index (χ4v) is 1.86. The molecule has 6 heteroatoms. The SMILES string of the molecule is CCOc1ccc(Cn2nnc(CNC)n2)cc1C.